The van der Waals surface area contributed by atoms with Crippen LogP contribution in [0.1, 0.15) is 16.7 Å². The number of hydrogen-bond donors (Lipinski definition) is 1. The van der Waals surface area contributed by atoms with E-state index in [1.165, 1.54) is 13.0 Å². The third-order valence-corrected chi connectivity index (χ3v) is 3.92. The fraction of sp³-hybridized carbons (Fsp3) is 0.235. The van der Waals surface area contributed by atoms with E-state index in [9.17, 15) is 22.4 Å². The van der Waals surface area contributed by atoms with E-state index in [0.29, 0.717) is 11.1 Å². The molecule has 0 fully saturated rings. The Bertz CT molecular complexity index is 836. The summed E-state index contributed by atoms with van der Waals surface area (Å²) < 4.78 is 59.1. The van der Waals surface area contributed by atoms with E-state index in [1.54, 1.807) is 6.07 Å². The van der Waals surface area contributed by atoms with Gasteiger partial charge in [-0.3, -0.25) is 4.79 Å². The predicted molar refractivity (Wildman–Crippen MR) is 79.0 cm³/mol. The van der Waals surface area contributed by atoms with Gasteiger partial charge in [0.2, 0.25) is 0 Å². The summed E-state index contributed by atoms with van der Waals surface area (Å²) in [6.07, 6.45) is 0.443. The lowest BCUT2D eigenvalue weighted by molar-refractivity contribution is -0.118. The molecule has 1 N–H and O–H groups in total. The Balaban J connectivity index is 1.84. The number of nitrogens with one attached hydrogen (secondary N) is 1. The lowest BCUT2D eigenvalue weighted by atomic mass is 9.99. The van der Waals surface area contributed by atoms with Crippen LogP contribution in [0.2, 0.25) is 0 Å². The molecule has 126 valence electrons. The number of ether oxygens (including phenoxy) is 1. The van der Waals surface area contributed by atoms with Crippen LogP contribution in [0.15, 0.2) is 18.2 Å². The molecular formula is C17H13F4NO2. The van der Waals surface area contributed by atoms with Crippen LogP contribution >= 0.6 is 0 Å². The molecule has 1 heterocycles. The Morgan fingerprint density at radius 3 is 2.54 bits per heavy atom. The molecule has 2 aromatic carbocycles. The van der Waals surface area contributed by atoms with Crippen LogP contribution in [0.5, 0.6) is 5.75 Å². The van der Waals surface area contributed by atoms with Crippen molar-refractivity contribution in [2.45, 2.75) is 19.8 Å². The van der Waals surface area contributed by atoms with Crippen LogP contribution in [0.4, 0.5) is 23.2 Å². The first-order valence-corrected chi connectivity index (χ1v) is 7.25. The number of hydrogen-bond acceptors (Lipinski definition) is 2. The number of benzene rings is 2. The van der Waals surface area contributed by atoms with E-state index in [-0.39, 0.29) is 36.4 Å². The molecule has 24 heavy (non-hydrogen) atoms. The van der Waals surface area contributed by atoms with Gasteiger partial charge in [0.15, 0.2) is 35.6 Å². The van der Waals surface area contributed by atoms with Gasteiger partial charge < -0.3 is 10.1 Å². The predicted octanol–water partition coefficient (Wildman–Crippen LogP) is 3.67. The summed E-state index contributed by atoms with van der Waals surface area (Å²) in [6.45, 7) is 1.10. The highest BCUT2D eigenvalue weighted by Gasteiger charge is 2.21. The smallest absolute Gasteiger partial charge is 0.262 e. The van der Waals surface area contributed by atoms with Crippen molar-refractivity contribution in [1.82, 2.24) is 0 Å². The number of halogens is 4. The van der Waals surface area contributed by atoms with Gasteiger partial charge in [-0.25, -0.2) is 17.6 Å². The van der Waals surface area contributed by atoms with Crippen LogP contribution in [-0.4, -0.2) is 12.5 Å². The number of amides is 1. The quantitative estimate of drug-likeness (QED) is 0.684. The highest BCUT2D eigenvalue weighted by molar-refractivity contribution is 5.95. The van der Waals surface area contributed by atoms with Gasteiger partial charge in [-0.1, -0.05) is 0 Å². The summed E-state index contributed by atoms with van der Waals surface area (Å²) in [5.41, 5.74) is 1.05. The molecule has 0 aromatic heterocycles. The van der Waals surface area contributed by atoms with Crippen molar-refractivity contribution in [1.29, 1.82) is 0 Å². The molecule has 7 heteroatoms. The molecule has 0 aliphatic carbocycles. The minimum Gasteiger partial charge on any atom is -0.478 e. The van der Waals surface area contributed by atoms with Gasteiger partial charge in [-0.15, -0.1) is 0 Å². The molecule has 0 bridgehead atoms. The van der Waals surface area contributed by atoms with E-state index >= 15 is 0 Å². The van der Waals surface area contributed by atoms with Gasteiger partial charge in [-0.05, 0) is 54.7 Å². The third-order valence-electron chi connectivity index (χ3n) is 3.92. The van der Waals surface area contributed by atoms with Crippen molar-refractivity contribution in [3.05, 3.63) is 58.2 Å². The Morgan fingerprint density at radius 2 is 1.79 bits per heavy atom. The molecule has 0 atom stereocenters. The first kappa shape index (κ1) is 16.3. The second-order valence-electron chi connectivity index (χ2n) is 5.56. The number of carbonyl (C=O) groups is 1. The first-order chi connectivity index (χ1) is 11.4. The molecule has 0 saturated carbocycles. The maximum atomic E-state index is 14.0. The molecule has 1 aliphatic heterocycles. The lowest BCUT2D eigenvalue weighted by Gasteiger charge is -2.19. The van der Waals surface area contributed by atoms with Crippen LogP contribution in [0.25, 0.3) is 0 Å². The van der Waals surface area contributed by atoms with E-state index in [1.807, 2.05) is 0 Å². The monoisotopic (exact) mass is 339 g/mol. The van der Waals surface area contributed by atoms with Crippen LogP contribution in [0.3, 0.4) is 0 Å². The SMILES string of the molecule is Cc1c(CCc2cc(F)c3c(c2)NC(=O)CO3)cc(F)c(F)c1F. The minimum absolute atomic E-state index is 0.0176. The largest absolute Gasteiger partial charge is 0.478 e. The van der Waals surface area contributed by atoms with Gasteiger partial charge in [-0.2, -0.15) is 0 Å². The van der Waals surface area contributed by atoms with Gasteiger partial charge in [0.1, 0.15) is 0 Å². The third kappa shape index (κ3) is 2.93. The van der Waals surface area contributed by atoms with Crippen LogP contribution in [-0.2, 0) is 17.6 Å². The number of fused-ring (bicyclic) bond motifs is 1. The van der Waals surface area contributed by atoms with Crippen molar-refractivity contribution in [2.75, 3.05) is 11.9 Å². The molecular weight excluding hydrogens is 326 g/mol. The van der Waals surface area contributed by atoms with E-state index in [4.69, 9.17) is 4.74 Å². The molecule has 3 rings (SSSR count). The maximum absolute atomic E-state index is 14.0. The van der Waals surface area contributed by atoms with E-state index < -0.39 is 29.2 Å². The summed E-state index contributed by atoms with van der Waals surface area (Å²) in [5, 5.41) is 2.50. The van der Waals surface area contributed by atoms with Gasteiger partial charge in [0.05, 0.1) is 5.69 Å². The number of carbonyl (C=O) groups excluding carboxylic acids is 1. The van der Waals surface area contributed by atoms with Crippen LogP contribution in [0, 0.1) is 30.2 Å². The van der Waals surface area contributed by atoms with Crippen LogP contribution < -0.4 is 10.1 Å². The Hall–Kier alpha value is -2.57. The molecule has 0 saturated heterocycles. The van der Waals surface area contributed by atoms with E-state index in [2.05, 4.69) is 5.32 Å². The average Bonchev–Trinajstić information content (AvgIpc) is 2.54. The van der Waals surface area contributed by atoms with Crippen molar-refractivity contribution in [3.63, 3.8) is 0 Å². The highest BCUT2D eigenvalue weighted by Crippen LogP contribution is 2.32. The second-order valence-corrected chi connectivity index (χ2v) is 5.56. The minimum atomic E-state index is -1.50. The number of aryl methyl sites for hydroxylation is 2. The summed E-state index contributed by atoms with van der Waals surface area (Å²) >= 11 is 0. The van der Waals surface area contributed by atoms with Gasteiger partial charge in [0.25, 0.3) is 5.91 Å². The molecule has 1 aliphatic rings. The van der Waals surface area contributed by atoms with Gasteiger partial charge in [0, 0.05) is 0 Å². The Kier molecular flexibility index (Phi) is 4.17. The van der Waals surface area contributed by atoms with Crippen molar-refractivity contribution >= 4 is 11.6 Å². The zero-order chi connectivity index (χ0) is 17.4. The maximum Gasteiger partial charge on any atom is 0.262 e. The summed E-state index contributed by atoms with van der Waals surface area (Å²) in [6, 6.07) is 3.72. The van der Waals surface area contributed by atoms with Gasteiger partial charge >= 0.3 is 0 Å². The second kappa shape index (κ2) is 6.14. The van der Waals surface area contributed by atoms with E-state index in [0.717, 1.165) is 6.07 Å². The summed E-state index contributed by atoms with van der Waals surface area (Å²) in [7, 11) is 0. The van der Waals surface area contributed by atoms with Crippen molar-refractivity contribution < 1.29 is 27.1 Å². The number of rotatable bonds is 3. The highest BCUT2D eigenvalue weighted by atomic mass is 19.2. The molecule has 2 aromatic rings. The fourth-order valence-corrected chi connectivity index (χ4v) is 2.63. The topological polar surface area (TPSA) is 38.3 Å². The normalized spacial score (nSPS) is 13.3. The Labute approximate surface area is 135 Å². The molecule has 0 unspecified atom stereocenters. The summed E-state index contributed by atoms with van der Waals surface area (Å²) in [5.74, 6) is -5.04. The average molecular weight is 339 g/mol. The molecule has 1 amide bonds. The first-order valence-electron chi connectivity index (χ1n) is 7.25. The van der Waals surface area contributed by atoms with Crippen molar-refractivity contribution in [3.8, 4) is 5.75 Å². The molecule has 3 nitrogen and oxygen atoms in total. The van der Waals surface area contributed by atoms with Crippen molar-refractivity contribution in [2.24, 2.45) is 0 Å². The molecule has 0 spiro atoms. The Morgan fingerprint density at radius 1 is 1.04 bits per heavy atom. The molecule has 0 radical (unpaired) electrons. The standard InChI is InChI=1S/C17H13F4NO2/c1-8-10(6-11(18)16(21)15(8)20)3-2-9-4-12(19)17-13(5-9)22-14(23)7-24-17/h4-6H,2-3,7H2,1H3,(H,22,23). The zero-order valence-corrected chi connectivity index (χ0v) is 12.7. The summed E-state index contributed by atoms with van der Waals surface area (Å²) in [4.78, 5) is 11.3. The zero-order valence-electron chi connectivity index (χ0n) is 12.7. The lowest BCUT2D eigenvalue weighted by Crippen LogP contribution is -2.26. The number of anilines is 1. The fourth-order valence-electron chi connectivity index (χ4n) is 2.63.